The van der Waals surface area contributed by atoms with Crippen LogP contribution >= 0.6 is 27.7 Å². The zero-order valence-corrected chi connectivity index (χ0v) is 20.7. The molecule has 0 radical (unpaired) electrons. The summed E-state index contributed by atoms with van der Waals surface area (Å²) >= 11 is 5.34. The molecule has 0 saturated heterocycles. The Morgan fingerprint density at radius 2 is 2.16 bits per heavy atom. The first-order chi connectivity index (χ1) is 14.7. The molecule has 7 heteroatoms. The quantitative estimate of drug-likeness (QED) is 0.576. The summed E-state index contributed by atoms with van der Waals surface area (Å²) < 4.78 is 9.03. The Hall–Kier alpha value is -1.99. The van der Waals surface area contributed by atoms with Crippen molar-refractivity contribution in [2.24, 2.45) is 11.1 Å². The van der Waals surface area contributed by atoms with Crippen molar-refractivity contribution < 1.29 is 4.74 Å². The van der Waals surface area contributed by atoms with Crippen LogP contribution in [0.5, 0.6) is 5.75 Å². The lowest BCUT2D eigenvalue weighted by Gasteiger charge is -2.19. The molecular weight excluding hydrogens is 472 g/mol. The van der Waals surface area contributed by atoms with E-state index in [1.807, 2.05) is 6.08 Å². The van der Waals surface area contributed by atoms with Gasteiger partial charge >= 0.3 is 0 Å². The highest BCUT2D eigenvalue weighted by Crippen LogP contribution is 2.39. The maximum Gasteiger partial charge on any atom is 0.174 e. The number of nitrogens with one attached hydrogen (secondary N) is 1. The molecule has 4 rings (SSSR count). The highest BCUT2D eigenvalue weighted by atomic mass is 79.9. The number of rotatable bonds is 6. The van der Waals surface area contributed by atoms with Gasteiger partial charge in [-0.3, -0.25) is 0 Å². The van der Waals surface area contributed by atoms with Gasteiger partial charge in [0, 0.05) is 46.6 Å². The van der Waals surface area contributed by atoms with Crippen LogP contribution in [-0.4, -0.2) is 21.9 Å². The van der Waals surface area contributed by atoms with Crippen molar-refractivity contribution in [1.82, 2.24) is 9.55 Å². The van der Waals surface area contributed by atoms with Crippen LogP contribution in [0.4, 0.5) is 0 Å². The Balaban J connectivity index is 1.70. The van der Waals surface area contributed by atoms with Gasteiger partial charge in [-0.2, -0.15) is 0 Å². The van der Waals surface area contributed by atoms with E-state index in [0.717, 1.165) is 61.8 Å². The molecule has 0 bridgehead atoms. The SMILES string of the molecule is CC(C)(C)CC(=N)CCn1c(Sc2cc3c(cc2Br)CCO3)nc2c1=CC=CCC=2N. The summed E-state index contributed by atoms with van der Waals surface area (Å²) in [6, 6.07) is 4.25. The molecule has 0 atom stereocenters. The highest BCUT2D eigenvalue weighted by Gasteiger charge is 2.19. The molecule has 3 N–H and O–H groups in total. The molecule has 0 fully saturated rings. The second-order valence-electron chi connectivity index (χ2n) is 9.29. The van der Waals surface area contributed by atoms with E-state index in [2.05, 4.69) is 65.6 Å². The van der Waals surface area contributed by atoms with E-state index in [1.165, 1.54) is 5.56 Å². The molecule has 0 unspecified atom stereocenters. The molecule has 31 heavy (non-hydrogen) atoms. The van der Waals surface area contributed by atoms with Crippen LogP contribution in [0.1, 0.15) is 45.6 Å². The maximum absolute atomic E-state index is 8.46. The molecule has 0 saturated carbocycles. The number of hydrogen-bond donors (Lipinski definition) is 2. The minimum absolute atomic E-state index is 0.114. The molecule has 1 aromatic heterocycles. The minimum atomic E-state index is 0.114. The highest BCUT2D eigenvalue weighted by molar-refractivity contribution is 9.10. The van der Waals surface area contributed by atoms with Crippen LogP contribution in [0.15, 0.2) is 38.8 Å². The number of aromatic nitrogens is 2. The van der Waals surface area contributed by atoms with Crippen molar-refractivity contribution in [2.45, 2.75) is 63.1 Å². The fraction of sp³-hybridized carbons (Fsp3) is 0.417. The van der Waals surface area contributed by atoms with E-state index in [9.17, 15) is 0 Å². The third-order valence-corrected chi connectivity index (χ3v) is 7.30. The zero-order chi connectivity index (χ0) is 22.2. The number of nitrogens with two attached hydrogens (primary N) is 1. The average Bonchev–Trinajstić information content (AvgIpc) is 3.21. The second kappa shape index (κ2) is 8.87. The summed E-state index contributed by atoms with van der Waals surface area (Å²) in [7, 11) is 0. The fourth-order valence-electron chi connectivity index (χ4n) is 3.92. The fourth-order valence-corrected chi connectivity index (χ4v) is 5.51. The summed E-state index contributed by atoms with van der Waals surface area (Å²) in [5.74, 6) is 0.956. The third kappa shape index (κ3) is 5.09. The molecule has 2 aliphatic rings. The number of fused-ring (bicyclic) bond motifs is 2. The Kier molecular flexibility index (Phi) is 6.35. The van der Waals surface area contributed by atoms with E-state index < -0.39 is 0 Å². The zero-order valence-electron chi connectivity index (χ0n) is 18.3. The Bertz CT molecular complexity index is 1170. The summed E-state index contributed by atoms with van der Waals surface area (Å²) in [6.45, 7) is 7.97. The van der Waals surface area contributed by atoms with Gasteiger partial charge in [-0.05, 0) is 51.5 Å². The normalized spacial score (nSPS) is 15.2. The monoisotopic (exact) mass is 500 g/mol. The van der Waals surface area contributed by atoms with Crippen LogP contribution < -0.4 is 21.2 Å². The number of allylic oxidation sites excluding steroid dienone is 1. The predicted octanol–water partition coefficient (Wildman–Crippen LogP) is 4.39. The minimum Gasteiger partial charge on any atom is -0.493 e. The molecule has 1 aliphatic carbocycles. The van der Waals surface area contributed by atoms with Crippen LogP contribution in [0.2, 0.25) is 0 Å². The van der Waals surface area contributed by atoms with E-state index in [-0.39, 0.29) is 5.41 Å². The molecular formula is C24H29BrN4OS. The van der Waals surface area contributed by atoms with E-state index in [0.29, 0.717) is 19.4 Å². The van der Waals surface area contributed by atoms with Gasteiger partial charge in [0.2, 0.25) is 0 Å². The number of nitrogens with zero attached hydrogens (tertiary/aromatic N) is 2. The Morgan fingerprint density at radius 1 is 1.35 bits per heavy atom. The molecule has 2 aromatic rings. The third-order valence-electron chi connectivity index (χ3n) is 5.33. The molecule has 0 spiro atoms. The summed E-state index contributed by atoms with van der Waals surface area (Å²) in [5.41, 5.74) is 9.25. The lowest BCUT2D eigenvalue weighted by atomic mass is 9.89. The lowest BCUT2D eigenvalue weighted by molar-refractivity contribution is 0.356. The standard InChI is InChI=1S/C24H29BrN4OS/c1-24(2,3)14-16(26)8-10-29-19-7-5-4-6-18(27)22(19)28-23(29)31-21-13-20-15(9-11-30-20)12-17(21)25/h4-5,7,12-13,26H,6,8-11,14,27H2,1-3H3. The van der Waals surface area contributed by atoms with Crippen molar-refractivity contribution in [2.75, 3.05) is 6.61 Å². The molecule has 5 nitrogen and oxygen atoms in total. The van der Waals surface area contributed by atoms with Gasteiger partial charge in [0.15, 0.2) is 5.16 Å². The molecule has 1 aromatic carbocycles. The molecule has 1 aliphatic heterocycles. The van der Waals surface area contributed by atoms with Gasteiger partial charge in [0.05, 0.1) is 12.0 Å². The van der Waals surface area contributed by atoms with Gasteiger partial charge in [0.25, 0.3) is 0 Å². The summed E-state index contributed by atoms with van der Waals surface area (Å²) in [4.78, 5) is 6.01. The van der Waals surface area contributed by atoms with Crippen molar-refractivity contribution >= 4 is 45.2 Å². The maximum atomic E-state index is 8.46. The van der Waals surface area contributed by atoms with E-state index in [1.54, 1.807) is 11.8 Å². The van der Waals surface area contributed by atoms with Gasteiger partial charge in [-0.1, -0.05) is 44.7 Å². The number of ether oxygens (including phenoxy) is 1. The van der Waals surface area contributed by atoms with Gasteiger partial charge in [-0.25, -0.2) is 4.98 Å². The van der Waals surface area contributed by atoms with Gasteiger partial charge in [-0.15, -0.1) is 0 Å². The predicted molar refractivity (Wildman–Crippen MR) is 131 cm³/mol. The van der Waals surface area contributed by atoms with E-state index >= 15 is 0 Å². The van der Waals surface area contributed by atoms with Crippen LogP contribution in [0, 0.1) is 10.8 Å². The molecule has 164 valence electrons. The Labute approximate surface area is 196 Å². The van der Waals surface area contributed by atoms with Crippen LogP contribution in [0.25, 0.3) is 11.8 Å². The number of benzene rings is 1. The molecule has 2 heterocycles. The first-order valence-electron chi connectivity index (χ1n) is 10.6. The average molecular weight is 501 g/mol. The van der Waals surface area contributed by atoms with E-state index in [4.69, 9.17) is 20.9 Å². The smallest absolute Gasteiger partial charge is 0.174 e. The summed E-state index contributed by atoms with van der Waals surface area (Å²) in [5, 5.41) is 11.2. The lowest BCUT2D eigenvalue weighted by Crippen LogP contribution is -2.33. The van der Waals surface area contributed by atoms with Crippen molar-refractivity contribution in [3.8, 4) is 5.75 Å². The first kappa shape index (κ1) is 22.2. The second-order valence-corrected chi connectivity index (χ2v) is 11.1. The van der Waals surface area contributed by atoms with Crippen LogP contribution in [0.3, 0.4) is 0 Å². The number of hydrogen-bond acceptors (Lipinski definition) is 5. The largest absolute Gasteiger partial charge is 0.493 e. The van der Waals surface area contributed by atoms with Crippen molar-refractivity contribution in [3.05, 3.63) is 45.0 Å². The summed E-state index contributed by atoms with van der Waals surface area (Å²) in [6.07, 6.45) is 9.32. The van der Waals surface area contributed by atoms with Gasteiger partial charge in [0.1, 0.15) is 11.1 Å². The number of halogens is 1. The topological polar surface area (TPSA) is 76.9 Å². The van der Waals surface area contributed by atoms with Crippen LogP contribution in [-0.2, 0) is 13.0 Å². The van der Waals surface area contributed by atoms with Gasteiger partial charge < -0.3 is 20.4 Å². The first-order valence-corrected chi connectivity index (χ1v) is 12.2. The number of imidazole rings is 1. The Morgan fingerprint density at radius 3 is 2.94 bits per heavy atom. The van der Waals surface area contributed by atoms with Crippen molar-refractivity contribution in [1.29, 1.82) is 5.41 Å². The van der Waals surface area contributed by atoms with Crippen molar-refractivity contribution in [3.63, 3.8) is 0 Å². The molecule has 0 amide bonds.